The van der Waals surface area contributed by atoms with Crippen LogP contribution in [0.2, 0.25) is 0 Å². The van der Waals surface area contributed by atoms with Crippen LogP contribution in [0.15, 0.2) is 72.8 Å². The van der Waals surface area contributed by atoms with Crippen LogP contribution in [0, 0.1) is 17.3 Å². The molecule has 1 aliphatic carbocycles. The molecule has 0 aliphatic heterocycles. The SMILES string of the molecule is COc1ccc(C(OCC2C(C(=O)OC(C)(C)C)C2(C)C)(c2ccc(OC)cc2)c2ccc(OC)cc2)cc1. The lowest BCUT2D eigenvalue weighted by atomic mass is 9.80. The van der Waals surface area contributed by atoms with Gasteiger partial charge in [-0.3, -0.25) is 4.79 Å². The first-order chi connectivity index (χ1) is 18.5. The molecule has 3 aromatic rings. The predicted octanol–water partition coefficient (Wildman–Crippen LogP) is 6.63. The van der Waals surface area contributed by atoms with E-state index in [1.807, 2.05) is 93.6 Å². The lowest BCUT2D eigenvalue weighted by Crippen LogP contribution is -2.34. The van der Waals surface area contributed by atoms with Crippen molar-refractivity contribution >= 4 is 5.97 Å². The van der Waals surface area contributed by atoms with Gasteiger partial charge in [-0.15, -0.1) is 0 Å². The highest BCUT2D eigenvalue weighted by Gasteiger charge is 2.63. The molecule has 0 N–H and O–H groups in total. The van der Waals surface area contributed by atoms with Crippen LogP contribution in [0.4, 0.5) is 0 Å². The van der Waals surface area contributed by atoms with Gasteiger partial charge in [0.05, 0.1) is 33.9 Å². The van der Waals surface area contributed by atoms with Crippen molar-refractivity contribution in [2.75, 3.05) is 27.9 Å². The van der Waals surface area contributed by atoms with E-state index in [1.165, 1.54) is 0 Å². The molecule has 0 bridgehead atoms. The van der Waals surface area contributed by atoms with Gasteiger partial charge in [-0.2, -0.15) is 0 Å². The summed E-state index contributed by atoms with van der Waals surface area (Å²) < 4.78 is 29.1. The normalized spacial score (nSPS) is 18.3. The molecule has 3 aromatic carbocycles. The first-order valence-corrected chi connectivity index (χ1v) is 13.3. The summed E-state index contributed by atoms with van der Waals surface area (Å²) in [5, 5.41) is 0. The second kappa shape index (κ2) is 10.9. The summed E-state index contributed by atoms with van der Waals surface area (Å²) in [6, 6.07) is 23.8. The van der Waals surface area contributed by atoms with Crippen LogP contribution in [0.1, 0.15) is 51.3 Å². The van der Waals surface area contributed by atoms with Gasteiger partial charge < -0.3 is 23.7 Å². The van der Waals surface area contributed by atoms with Crippen molar-refractivity contribution < 1.29 is 28.5 Å². The Balaban J connectivity index is 1.80. The number of hydrogen-bond acceptors (Lipinski definition) is 6. The molecule has 0 amide bonds. The van der Waals surface area contributed by atoms with E-state index in [-0.39, 0.29) is 23.2 Å². The van der Waals surface area contributed by atoms with Crippen molar-refractivity contribution in [3.63, 3.8) is 0 Å². The predicted molar refractivity (Wildman–Crippen MR) is 151 cm³/mol. The zero-order valence-corrected chi connectivity index (χ0v) is 24.2. The lowest BCUT2D eigenvalue weighted by molar-refractivity contribution is -0.157. The zero-order valence-electron chi connectivity index (χ0n) is 24.2. The van der Waals surface area contributed by atoms with Gasteiger partial charge >= 0.3 is 5.97 Å². The lowest BCUT2D eigenvalue weighted by Gasteiger charge is -2.36. The summed E-state index contributed by atoms with van der Waals surface area (Å²) in [6.45, 7) is 10.3. The van der Waals surface area contributed by atoms with Gasteiger partial charge in [0.2, 0.25) is 0 Å². The Kier molecular flexibility index (Phi) is 7.99. The molecule has 1 aliphatic rings. The van der Waals surface area contributed by atoms with Crippen LogP contribution in [0.3, 0.4) is 0 Å². The quantitative estimate of drug-likeness (QED) is 0.216. The molecule has 2 unspecified atom stereocenters. The topological polar surface area (TPSA) is 63.2 Å². The Hall–Kier alpha value is -3.51. The average molecular weight is 533 g/mol. The fourth-order valence-corrected chi connectivity index (χ4v) is 5.33. The summed E-state index contributed by atoms with van der Waals surface area (Å²) >= 11 is 0. The second-order valence-electron chi connectivity index (χ2n) is 11.6. The van der Waals surface area contributed by atoms with Gasteiger partial charge in [0.15, 0.2) is 0 Å². The highest BCUT2D eigenvalue weighted by molar-refractivity contribution is 5.78. The molecular weight excluding hydrogens is 492 g/mol. The molecule has 0 aromatic heterocycles. The van der Waals surface area contributed by atoms with E-state index in [4.69, 9.17) is 23.7 Å². The van der Waals surface area contributed by atoms with Crippen LogP contribution in [0.25, 0.3) is 0 Å². The Bertz CT molecular complexity index is 1140. The molecule has 0 radical (unpaired) electrons. The fraction of sp³-hybridized carbons (Fsp3) is 0.424. The smallest absolute Gasteiger partial charge is 0.310 e. The van der Waals surface area contributed by atoms with Gasteiger partial charge in [-0.05, 0) is 79.3 Å². The molecule has 0 saturated heterocycles. The minimum Gasteiger partial charge on any atom is -0.497 e. The summed E-state index contributed by atoms with van der Waals surface area (Å²) in [5.74, 6) is 1.85. The average Bonchev–Trinajstić information content (AvgIpc) is 3.49. The number of carbonyl (C=O) groups is 1. The van der Waals surface area contributed by atoms with Crippen LogP contribution in [-0.4, -0.2) is 39.5 Å². The van der Waals surface area contributed by atoms with E-state index in [0.717, 1.165) is 33.9 Å². The van der Waals surface area contributed by atoms with E-state index < -0.39 is 11.2 Å². The highest BCUT2D eigenvalue weighted by Crippen LogP contribution is 2.60. The summed E-state index contributed by atoms with van der Waals surface area (Å²) in [5.41, 5.74) is 1.05. The van der Waals surface area contributed by atoms with E-state index in [9.17, 15) is 4.79 Å². The molecule has 1 fully saturated rings. The van der Waals surface area contributed by atoms with Gasteiger partial charge in [0.25, 0.3) is 0 Å². The number of benzene rings is 3. The first kappa shape index (κ1) is 28.5. The van der Waals surface area contributed by atoms with Crippen molar-refractivity contribution in [3.05, 3.63) is 89.5 Å². The maximum atomic E-state index is 13.1. The molecule has 208 valence electrons. The molecule has 39 heavy (non-hydrogen) atoms. The minimum atomic E-state index is -0.970. The maximum Gasteiger partial charge on any atom is 0.310 e. The number of hydrogen-bond donors (Lipinski definition) is 0. The molecule has 6 nitrogen and oxygen atoms in total. The second-order valence-corrected chi connectivity index (χ2v) is 11.6. The van der Waals surface area contributed by atoms with Crippen molar-refractivity contribution in [2.45, 2.75) is 45.8 Å². The molecular formula is C33H40O6. The standard InChI is InChI=1S/C33H40O6/c1-31(2,3)39-30(34)29-28(32(29,4)5)21-38-33(22-9-15-25(35-6)16-10-22,23-11-17-26(36-7)18-12-23)24-13-19-27(37-8)20-14-24/h9-20,28-29H,21H2,1-8H3. The number of ether oxygens (including phenoxy) is 5. The molecule has 2 atom stereocenters. The van der Waals surface area contributed by atoms with Crippen LogP contribution >= 0.6 is 0 Å². The number of rotatable bonds is 10. The van der Waals surface area contributed by atoms with Crippen molar-refractivity contribution in [2.24, 2.45) is 17.3 Å². The molecule has 4 rings (SSSR count). The fourth-order valence-electron chi connectivity index (χ4n) is 5.33. The van der Waals surface area contributed by atoms with Gasteiger partial charge in [-0.1, -0.05) is 50.2 Å². The summed E-state index contributed by atoms with van der Waals surface area (Å²) in [6.07, 6.45) is 0. The van der Waals surface area contributed by atoms with Crippen molar-refractivity contribution in [1.82, 2.24) is 0 Å². The third-order valence-corrected chi connectivity index (χ3v) is 7.68. The monoisotopic (exact) mass is 532 g/mol. The molecule has 1 saturated carbocycles. The zero-order chi connectivity index (χ0) is 28.4. The maximum absolute atomic E-state index is 13.1. The van der Waals surface area contributed by atoms with Crippen molar-refractivity contribution in [3.8, 4) is 17.2 Å². The Labute approximate surface area is 232 Å². The first-order valence-electron chi connectivity index (χ1n) is 13.3. The molecule has 0 heterocycles. The van der Waals surface area contributed by atoms with Crippen LogP contribution in [-0.2, 0) is 19.9 Å². The summed E-state index contributed by atoms with van der Waals surface area (Å²) in [7, 11) is 4.95. The Morgan fingerprint density at radius 3 is 1.36 bits per heavy atom. The third-order valence-electron chi connectivity index (χ3n) is 7.68. The van der Waals surface area contributed by atoms with Crippen LogP contribution < -0.4 is 14.2 Å². The van der Waals surface area contributed by atoms with Gasteiger partial charge in [0.1, 0.15) is 28.5 Å². The van der Waals surface area contributed by atoms with E-state index in [2.05, 4.69) is 13.8 Å². The highest BCUT2D eigenvalue weighted by atomic mass is 16.6. The van der Waals surface area contributed by atoms with Gasteiger partial charge in [-0.25, -0.2) is 0 Å². The van der Waals surface area contributed by atoms with Gasteiger partial charge in [0, 0.05) is 5.92 Å². The minimum absolute atomic E-state index is 0.00136. The number of carbonyl (C=O) groups excluding carboxylic acids is 1. The summed E-state index contributed by atoms with van der Waals surface area (Å²) in [4.78, 5) is 13.1. The van der Waals surface area contributed by atoms with E-state index >= 15 is 0 Å². The Morgan fingerprint density at radius 1 is 0.692 bits per heavy atom. The van der Waals surface area contributed by atoms with E-state index in [1.54, 1.807) is 21.3 Å². The largest absolute Gasteiger partial charge is 0.497 e. The van der Waals surface area contributed by atoms with E-state index in [0.29, 0.717) is 6.61 Å². The van der Waals surface area contributed by atoms with Crippen LogP contribution in [0.5, 0.6) is 17.2 Å². The Morgan fingerprint density at radius 2 is 1.05 bits per heavy atom. The molecule has 0 spiro atoms. The third kappa shape index (κ3) is 5.76. The van der Waals surface area contributed by atoms with Crippen molar-refractivity contribution in [1.29, 1.82) is 0 Å². The number of methoxy groups -OCH3 is 3. The molecule has 6 heteroatoms. The number of esters is 1.